The van der Waals surface area contributed by atoms with E-state index in [2.05, 4.69) is 5.32 Å². The monoisotopic (exact) mass is 278 g/mol. The SMILES string of the molecule is CCNC(CCN(C)C1CCS(=O)(=O)C1)C(=O)O. The summed E-state index contributed by atoms with van der Waals surface area (Å²) < 4.78 is 22.7. The number of carboxylic acids is 1. The van der Waals surface area contributed by atoms with Crippen molar-refractivity contribution in [1.82, 2.24) is 10.2 Å². The van der Waals surface area contributed by atoms with Gasteiger partial charge in [0.2, 0.25) is 0 Å². The van der Waals surface area contributed by atoms with Gasteiger partial charge in [0, 0.05) is 12.6 Å². The first kappa shape index (κ1) is 15.4. The van der Waals surface area contributed by atoms with Gasteiger partial charge in [0.15, 0.2) is 9.84 Å². The Balaban J connectivity index is 2.40. The number of hydrogen-bond donors (Lipinski definition) is 2. The van der Waals surface area contributed by atoms with Crippen LogP contribution in [-0.2, 0) is 14.6 Å². The van der Waals surface area contributed by atoms with E-state index in [0.717, 1.165) is 0 Å². The largest absolute Gasteiger partial charge is 0.480 e. The van der Waals surface area contributed by atoms with Crippen LogP contribution in [0.4, 0.5) is 0 Å². The molecule has 2 N–H and O–H groups in total. The Bertz CT molecular complexity index is 383. The van der Waals surface area contributed by atoms with Crippen LogP contribution in [0.2, 0.25) is 0 Å². The summed E-state index contributed by atoms with van der Waals surface area (Å²) in [6, 6.07) is -0.526. The average Bonchev–Trinajstić information content (AvgIpc) is 2.64. The lowest BCUT2D eigenvalue weighted by molar-refractivity contribution is -0.139. The molecule has 0 saturated carbocycles. The van der Waals surface area contributed by atoms with Crippen molar-refractivity contribution in [2.45, 2.75) is 31.8 Å². The van der Waals surface area contributed by atoms with Gasteiger partial charge in [0.05, 0.1) is 11.5 Å². The fraction of sp³-hybridized carbons (Fsp3) is 0.909. The number of aliphatic carboxylic acids is 1. The van der Waals surface area contributed by atoms with Crippen molar-refractivity contribution in [3.8, 4) is 0 Å². The molecule has 0 bridgehead atoms. The molecule has 2 unspecified atom stereocenters. The van der Waals surface area contributed by atoms with Crippen LogP contribution in [0.25, 0.3) is 0 Å². The van der Waals surface area contributed by atoms with Crippen LogP contribution < -0.4 is 5.32 Å². The molecule has 106 valence electrons. The molecule has 6 nitrogen and oxygen atoms in total. The summed E-state index contributed by atoms with van der Waals surface area (Å²) >= 11 is 0. The van der Waals surface area contributed by atoms with Gasteiger partial charge in [-0.3, -0.25) is 4.79 Å². The summed E-state index contributed by atoms with van der Waals surface area (Å²) in [6.45, 7) is 3.06. The van der Waals surface area contributed by atoms with Crippen LogP contribution in [0, 0.1) is 0 Å². The smallest absolute Gasteiger partial charge is 0.320 e. The molecule has 1 rings (SSSR count). The fourth-order valence-corrected chi connectivity index (χ4v) is 4.00. The zero-order chi connectivity index (χ0) is 13.8. The molecule has 0 aromatic heterocycles. The summed E-state index contributed by atoms with van der Waals surface area (Å²) in [6.07, 6.45) is 1.13. The van der Waals surface area contributed by atoms with Crippen LogP contribution in [0.5, 0.6) is 0 Å². The Labute approximate surface area is 108 Å². The zero-order valence-electron chi connectivity index (χ0n) is 10.9. The average molecular weight is 278 g/mol. The standard InChI is InChI=1S/C11H22N2O4S/c1-3-12-10(11(14)15)4-6-13(2)9-5-7-18(16,17)8-9/h9-10,12H,3-8H2,1-2H3,(H,14,15). The van der Waals surface area contributed by atoms with Crippen LogP contribution in [0.1, 0.15) is 19.8 Å². The van der Waals surface area contributed by atoms with Crippen molar-refractivity contribution in [2.75, 3.05) is 31.6 Å². The van der Waals surface area contributed by atoms with E-state index in [1.807, 2.05) is 18.9 Å². The molecule has 0 aromatic carbocycles. The molecule has 0 amide bonds. The maximum Gasteiger partial charge on any atom is 0.320 e. The number of sulfone groups is 1. The van der Waals surface area contributed by atoms with Gasteiger partial charge in [-0.15, -0.1) is 0 Å². The minimum absolute atomic E-state index is 0.0334. The van der Waals surface area contributed by atoms with E-state index in [0.29, 0.717) is 25.9 Å². The molecular weight excluding hydrogens is 256 g/mol. The number of nitrogens with one attached hydrogen (secondary N) is 1. The van der Waals surface area contributed by atoms with Gasteiger partial charge in [0.25, 0.3) is 0 Å². The maximum absolute atomic E-state index is 11.4. The number of carbonyl (C=O) groups is 1. The van der Waals surface area contributed by atoms with E-state index in [-0.39, 0.29) is 17.5 Å². The van der Waals surface area contributed by atoms with Crippen LogP contribution in [0.3, 0.4) is 0 Å². The van der Waals surface area contributed by atoms with Crippen LogP contribution in [0.15, 0.2) is 0 Å². The van der Waals surface area contributed by atoms with Gasteiger partial charge in [-0.05, 0) is 26.4 Å². The van der Waals surface area contributed by atoms with E-state index in [9.17, 15) is 13.2 Å². The third kappa shape index (κ3) is 4.55. The fourth-order valence-electron chi connectivity index (χ4n) is 2.20. The lowest BCUT2D eigenvalue weighted by Crippen LogP contribution is -2.41. The molecule has 0 aliphatic carbocycles. The van der Waals surface area contributed by atoms with Crippen molar-refractivity contribution in [2.24, 2.45) is 0 Å². The first-order valence-electron chi connectivity index (χ1n) is 6.22. The van der Waals surface area contributed by atoms with E-state index >= 15 is 0 Å². The molecule has 1 saturated heterocycles. The van der Waals surface area contributed by atoms with Crippen molar-refractivity contribution < 1.29 is 18.3 Å². The summed E-state index contributed by atoms with van der Waals surface area (Å²) in [5.41, 5.74) is 0. The molecule has 0 radical (unpaired) electrons. The van der Waals surface area contributed by atoms with Gasteiger partial charge < -0.3 is 15.3 Å². The summed E-state index contributed by atoms with van der Waals surface area (Å²) in [4.78, 5) is 12.9. The minimum Gasteiger partial charge on any atom is -0.480 e. The quantitative estimate of drug-likeness (QED) is 0.656. The van der Waals surface area contributed by atoms with Gasteiger partial charge in [-0.1, -0.05) is 6.92 Å². The van der Waals surface area contributed by atoms with Crippen molar-refractivity contribution in [3.63, 3.8) is 0 Å². The predicted octanol–water partition coefficient (Wildman–Crippen LogP) is -0.442. The number of likely N-dealkylation sites (N-methyl/N-ethyl adjacent to an activating group) is 1. The van der Waals surface area contributed by atoms with Gasteiger partial charge >= 0.3 is 5.97 Å². The molecule has 1 aliphatic rings. The number of carboxylic acid groups (broad SMARTS) is 1. The first-order chi connectivity index (χ1) is 8.35. The number of hydrogen-bond acceptors (Lipinski definition) is 5. The maximum atomic E-state index is 11.4. The molecule has 0 spiro atoms. The Hall–Kier alpha value is -0.660. The highest BCUT2D eigenvalue weighted by molar-refractivity contribution is 7.91. The molecule has 18 heavy (non-hydrogen) atoms. The second-order valence-electron chi connectivity index (χ2n) is 4.77. The van der Waals surface area contributed by atoms with Crippen molar-refractivity contribution >= 4 is 15.8 Å². The molecule has 1 fully saturated rings. The zero-order valence-corrected chi connectivity index (χ0v) is 11.7. The predicted molar refractivity (Wildman–Crippen MR) is 69.4 cm³/mol. The highest BCUT2D eigenvalue weighted by Crippen LogP contribution is 2.16. The lowest BCUT2D eigenvalue weighted by atomic mass is 10.1. The van der Waals surface area contributed by atoms with Gasteiger partial charge in [-0.2, -0.15) is 0 Å². The molecule has 1 aliphatic heterocycles. The Morgan fingerprint density at radius 3 is 2.67 bits per heavy atom. The normalized spacial score (nSPS) is 24.3. The summed E-state index contributed by atoms with van der Waals surface area (Å²) in [5.74, 6) is -0.413. The molecule has 0 aromatic rings. The second kappa shape index (κ2) is 6.49. The topological polar surface area (TPSA) is 86.7 Å². The molecule has 2 atom stereocenters. The second-order valence-corrected chi connectivity index (χ2v) is 7.00. The summed E-state index contributed by atoms with van der Waals surface area (Å²) in [5, 5.41) is 11.9. The van der Waals surface area contributed by atoms with Gasteiger partial charge in [0.1, 0.15) is 6.04 Å². The Kier molecular flexibility index (Phi) is 5.55. The molecular formula is C11H22N2O4S. The highest BCUT2D eigenvalue weighted by atomic mass is 32.2. The van der Waals surface area contributed by atoms with E-state index in [4.69, 9.17) is 5.11 Å². The van der Waals surface area contributed by atoms with E-state index in [1.165, 1.54) is 0 Å². The third-order valence-corrected chi connectivity index (χ3v) is 5.10. The number of nitrogens with zero attached hydrogens (tertiary/aromatic N) is 1. The third-order valence-electron chi connectivity index (χ3n) is 3.35. The van der Waals surface area contributed by atoms with Crippen LogP contribution in [-0.4, -0.2) is 68.1 Å². The van der Waals surface area contributed by atoms with E-state index < -0.39 is 21.8 Å². The van der Waals surface area contributed by atoms with Crippen LogP contribution >= 0.6 is 0 Å². The minimum atomic E-state index is -2.88. The van der Waals surface area contributed by atoms with Crippen molar-refractivity contribution in [1.29, 1.82) is 0 Å². The molecule has 1 heterocycles. The number of rotatable bonds is 7. The van der Waals surface area contributed by atoms with Crippen molar-refractivity contribution in [3.05, 3.63) is 0 Å². The molecule has 7 heteroatoms. The Morgan fingerprint density at radius 2 is 2.22 bits per heavy atom. The Morgan fingerprint density at radius 1 is 1.56 bits per heavy atom. The van der Waals surface area contributed by atoms with Gasteiger partial charge in [-0.25, -0.2) is 8.42 Å². The highest BCUT2D eigenvalue weighted by Gasteiger charge is 2.30. The summed E-state index contributed by atoms with van der Waals surface area (Å²) in [7, 11) is -1.02. The lowest BCUT2D eigenvalue weighted by Gasteiger charge is -2.24. The van der Waals surface area contributed by atoms with E-state index in [1.54, 1.807) is 0 Å². The first-order valence-corrected chi connectivity index (χ1v) is 8.04.